The highest BCUT2D eigenvalue weighted by Crippen LogP contribution is 2.28. The fraction of sp³-hybridized carbons (Fsp3) is 0.364. The molecule has 0 aliphatic carbocycles. The fourth-order valence-corrected chi connectivity index (χ4v) is 3.19. The molecule has 0 aliphatic rings. The Balaban J connectivity index is 1.86. The minimum atomic E-state index is 0.952. The summed E-state index contributed by atoms with van der Waals surface area (Å²) in [6, 6.07) is 12.6. The molecule has 2 aromatic heterocycles. The van der Waals surface area contributed by atoms with Gasteiger partial charge in [0, 0.05) is 62.4 Å². The lowest BCUT2D eigenvalue weighted by Gasteiger charge is -2.22. The Hall–Kier alpha value is -2.66. The number of pyridine rings is 2. The van der Waals surface area contributed by atoms with Gasteiger partial charge in [0.2, 0.25) is 0 Å². The van der Waals surface area contributed by atoms with Crippen molar-refractivity contribution in [3.05, 3.63) is 48.8 Å². The number of hydrogen-bond donors (Lipinski definition) is 0. The summed E-state index contributed by atoms with van der Waals surface area (Å²) in [4.78, 5) is 15.9. The summed E-state index contributed by atoms with van der Waals surface area (Å²) in [6.07, 6.45) is 4.96. The van der Waals surface area contributed by atoms with Crippen LogP contribution in [0, 0.1) is 0 Å². The molecular formula is C22H29N5. The second-order valence-corrected chi connectivity index (χ2v) is 7.44. The zero-order valence-corrected chi connectivity index (χ0v) is 17.0. The molecule has 3 rings (SSSR count). The summed E-state index contributed by atoms with van der Waals surface area (Å²) in [6.45, 7) is 2.09. The lowest BCUT2D eigenvalue weighted by molar-refractivity contribution is 0.402. The molecule has 0 unspecified atom stereocenters. The third-order valence-corrected chi connectivity index (χ3v) is 4.79. The van der Waals surface area contributed by atoms with Gasteiger partial charge in [0.1, 0.15) is 0 Å². The minimum absolute atomic E-state index is 0.952. The second kappa shape index (κ2) is 8.35. The van der Waals surface area contributed by atoms with Gasteiger partial charge in [-0.05, 0) is 51.3 Å². The predicted molar refractivity (Wildman–Crippen MR) is 116 cm³/mol. The number of benzene rings is 1. The van der Waals surface area contributed by atoms with Gasteiger partial charge >= 0.3 is 0 Å². The predicted octanol–water partition coefficient (Wildman–Crippen LogP) is 3.75. The molecule has 0 spiro atoms. The van der Waals surface area contributed by atoms with Gasteiger partial charge in [-0.25, -0.2) is 0 Å². The molecule has 1 aromatic carbocycles. The zero-order valence-electron chi connectivity index (χ0n) is 17.0. The van der Waals surface area contributed by atoms with E-state index in [-0.39, 0.29) is 0 Å². The number of nitrogens with zero attached hydrogens (tertiary/aromatic N) is 5. The summed E-state index contributed by atoms with van der Waals surface area (Å²) in [5.41, 5.74) is 5.40. The zero-order chi connectivity index (χ0) is 19.4. The van der Waals surface area contributed by atoms with Crippen molar-refractivity contribution in [1.82, 2.24) is 14.9 Å². The molecule has 0 bridgehead atoms. The Bertz CT molecular complexity index is 887. The van der Waals surface area contributed by atoms with Crippen molar-refractivity contribution < 1.29 is 0 Å². The molecule has 0 atom stereocenters. The molecular weight excluding hydrogens is 334 g/mol. The fourth-order valence-electron chi connectivity index (χ4n) is 3.19. The van der Waals surface area contributed by atoms with Crippen molar-refractivity contribution in [3.63, 3.8) is 0 Å². The third kappa shape index (κ3) is 4.55. The van der Waals surface area contributed by atoms with Crippen LogP contribution in [0.4, 0.5) is 11.4 Å². The van der Waals surface area contributed by atoms with E-state index >= 15 is 0 Å². The van der Waals surface area contributed by atoms with Gasteiger partial charge in [-0.3, -0.25) is 9.97 Å². The van der Waals surface area contributed by atoms with Crippen molar-refractivity contribution >= 4 is 22.3 Å². The van der Waals surface area contributed by atoms with Gasteiger partial charge in [-0.2, -0.15) is 0 Å². The highest BCUT2D eigenvalue weighted by atomic mass is 15.1. The topological polar surface area (TPSA) is 35.5 Å². The third-order valence-electron chi connectivity index (χ3n) is 4.79. The number of anilines is 2. The van der Waals surface area contributed by atoms with E-state index in [0.717, 1.165) is 41.7 Å². The second-order valence-electron chi connectivity index (χ2n) is 7.44. The first-order valence-corrected chi connectivity index (χ1v) is 9.34. The number of rotatable bonds is 7. The van der Waals surface area contributed by atoms with E-state index in [9.17, 15) is 0 Å². The van der Waals surface area contributed by atoms with Crippen LogP contribution in [0.25, 0.3) is 22.2 Å². The first kappa shape index (κ1) is 19.1. The van der Waals surface area contributed by atoms with Crippen molar-refractivity contribution in [2.24, 2.45) is 0 Å². The maximum absolute atomic E-state index is 4.71. The summed E-state index contributed by atoms with van der Waals surface area (Å²) in [7, 11) is 10.4. The van der Waals surface area contributed by atoms with Crippen molar-refractivity contribution in [1.29, 1.82) is 0 Å². The van der Waals surface area contributed by atoms with E-state index in [1.54, 1.807) is 0 Å². The maximum Gasteiger partial charge on any atom is 0.0760 e. The number of aromatic nitrogens is 2. The molecule has 0 saturated carbocycles. The Morgan fingerprint density at radius 1 is 0.852 bits per heavy atom. The van der Waals surface area contributed by atoms with Crippen LogP contribution in [0.1, 0.15) is 6.42 Å². The average Bonchev–Trinajstić information content (AvgIpc) is 2.66. The first-order valence-electron chi connectivity index (χ1n) is 9.34. The van der Waals surface area contributed by atoms with Crippen LogP contribution in [-0.2, 0) is 0 Å². The van der Waals surface area contributed by atoms with Crippen molar-refractivity contribution in [2.75, 3.05) is 58.1 Å². The van der Waals surface area contributed by atoms with E-state index < -0.39 is 0 Å². The maximum atomic E-state index is 4.71. The quantitative estimate of drug-likeness (QED) is 0.639. The Kier molecular flexibility index (Phi) is 5.91. The van der Waals surface area contributed by atoms with E-state index in [0.29, 0.717) is 0 Å². The van der Waals surface area contributed by atoms with Crippen LogP contribution < -0.4 is 9.80 Å². The van der Waals surface area contributed by atoms with Crippen LogP contribution in [0.5, 0.6) is 0 Å². The van der Waals surface area contributed by atoms with Crippen molar-refractivity contribution in [3.8, 4) is 11.3 Å². The van der Waals surface area contributed by atoms with E-state index in [1.807, 2.05) is 26.5 Å². The smallest absolute Gasteiger partial charge is 0.0760 e. The van der Waals surface area contributed by atoms with Crippen LogP contribution in [0.2, 0.25) is 0 Å². The molecule has 27 heavy (non-hydrogen) atoms. The molecule has 142 valence electrons. The first-order chi connectivity index (χ1) is 13.0. The standard InChI is InChI=1S/C22H29N5/c1-25(2)13-6-14-27(5)22-11-12-23-21-15-20(24-16-19(21)22)17-7-9-18(10-8-17)26(3)4/h7-12,15-16H,6,13-14H2,1-5H3. The van der Waals surface area contributed by atoms with Gasteiger partial charge < -0.3 is 14.7 Å². The molecule has 0 aliphatic heterocycles. The minimum Gasteiger partial charge on any atom is -0.378 e. The molecule has 0 N–H and O–H groups in total. The summed E-state index contributed by atoms with van der Waals surface area (Å²) >= 11 is 0. The van der Waals surface area contributed by atoms with Gasteiger partial charge in [-0.15, -0.1) is 0 Å². The monoisotopic (exact) mass is 363 g/mol. The Labute approximate surface area is 162 Å². The van der Waals surface area contributed by atoms with Crippen LogP contribution in [0.3, 0.4) is 0 Å². The van der Waals surface area contributed by atoms with Crippen LogP contribution >= 0.6 is 0 Å². The van der Waals surface area contributed by atoms with Crippen LogP contribution in [0.15, 0.2) is 48.8 Å². The Morgan fingerprint density at radius 3 is 2.26 bits per heavy atom. The van der Waals surface area contributed by atoms with Gasteiger partial charge in [-0.1, -0.05) is 12.1 Å². The van der Waals surface area contributed by atoms with Gasteiger partial charge in [0.05, 0.1) is 11.2 Å². The van der Waals surface area contributed by atoms with E-state index in [2.05, 4.69) is 77.2 Å². The van der Waals surface area contributed by atoms with Crippen molar-refractivity contribution in [2.45, 2.75) is 6.42 Å². The highest BCUT2D eigenvalue weighted by Gasteiger charge is 2.09. The SMILES string of the molecule is CN(C)CCCN(C)c1ccnc2cc(-c3ccc(N(C)C)cc3)ncc12. The number of hydrogen-bond acceptors (Lipinski definition) is 5. The summed E-state index contributed by atoms with van der Waals surface area (Å²) in [5, 5.41) is 1.10. The number of fused-ring (bicyclic) bond motifs is 1. The molecule has 0 fully saturated rings. The van der Waals surface area contributed by atoms with E-state index in [4.69, 9.17) is 4.98 Å². The molecule has 0 radical (unpaired) electrons. The largest absolute Gasteiger partial charge is 0.378 e. The van der Waals surface area contributed by atoms with Gasteiger partial charge in [0.15, 0.2) is 0 Å². The normalized spacial score (nSPS) is 11.2. The molecule has 0 amide bonds. The summed E-state index contributed by atoms with van der Waals surface area (Å²) < 4.78 is 0. The molecule has 2 heterocycles. The highest BCUT2D eigenvalue weighted by molar-refractivity contribution is 5.92. The lowest BCUT2D eigenvalue weighted by Crippen LogP contribution is -2.23. The molecule has 0 saturated heterocycles. The van der Waals surface area contributed by atoms with Gasteiger partial charge in [0.25, 0.3) is 0 Å². The average molecular weight is 364 g/mol. The Morgan fingerprint density at radius 2 is 1.59 bits per heavy atom. The lowest BCUT2D eigenvalue weighted by atomic mass is 10.1. The molecule has 5 heteroatoms. The summed E-state index contributed by atoms with van der Waals surface area (Å²) in [5.74, 6) is 0. The van der Waals surface area contributed by atoms with Crippen LogP contribution in [-0.4, -0.2) is 63.2 Å². The molecule has 3 aromatic rings. The molecule has 5 nitrogen and oxygen atoms in total. The van der Waals surface area contributed by atoms with E-state index in [1.165, 1.54) is 11.4 Å².